The molecule has 0 aromatic carbocycles. The second-order valence-electron chi connectivity index (χ2n) is 7.39. The van der Waals surface area contributed by atoms with Crippen molar-refractivity contribution in [3.8, 4) is 11.1 Å². The van der Waals surface area contributed by atoms with Gasteiger partial charge < -0.3 is 5.73 Å². The molecule has 2 N–H and O–H groups in total. The van der Waals surface area contributed by atoms with Crippen LogP contribution in [0.2, 0.25) is 0 Å². The van der Waals surface area contributed by atoms with Gasteiger partial charge >= 0.3 is 0 Å². The Kier molecular flexibility index (Phi) is 6.70. The molecule has 3 nitrogen and oxygen atoms in total. The van der Waals surface area contributed by atoms with Gasteiger partial charge in [-0.25, -0.2) is 4.98 Å². The molecule has 0 aliphatic heterocycles. The molecule has 3 aromatic heterocycles. The Bertz CT molecular complexity index is 1110. The van der Waals surface area contributed by atoms with Crippen LogP contribution in [0.1, 0.15) is 45.2 Å². The fourth-order valence-electron chi connectivity index (χ4n) is 3.43. The van der Waals surface area contributed by atoms with E-state index in [9.17, 15) is 0 Å². The van der Waals surface area contributed by atoms with Crippen LogP contribution in [0.3, 0.4) is 0 Å². The van der Waals surface area contributed by atoms with Crippen molar-refractivity contribution in [3.63, 3.8) is 0 Å². The van der Waals surface area contributed by atoms with E-state index in [1.807, 2.05) is 24.0 Å². The van der Waals surface area contributed by atoms with Crippen LogP contribution in [0, 0.1) is 0 Å². The zero-order chi connectivity index (χ0) is 20.9. The number of thiophene rings is 1. The Balaban J connectivity index is 1.84. The normalized spacial score (nSPS) is 15.5. The number of allylic oxidation sites excluding steroid dienone is 6. The molecule has 30 heavy (non-hydrogen) atoms. The number of rotatable bonds is 7. The highest BCUT2D eigenvalue weighted by Gasteiger charge is 2.24. The Morgan fingerprint density at radius 3 is 2.87 bits per heavy atom. The second kappa shape index (κ2) is 9.63. The zero-order valence-electron chi connectivity index (χ0n) is 17.5. The van der Waals surface area contributed by atoms with Crippen molar-refractivity contribution in [3.05, 3.63) is 66.7 Å². The van der Waals surface area contributed by atoms with Gasteiger partial charge in [0.1, 0.15) is 4.83 Å². The number of pyridine rings is 2. The minimum Gasteiger partial charge on any atom is -0.397 e. The molecule has 0 amide bonds. The van der Waals surface area contributed by atoms with Crippen LogP contribution >= 0.6 is 23.1 Å². The van der Waals surface area contributed by atoms with Gasteiger partial charge in [-0.1, -0.05) is 49.8 Å². The topological polar surface area (TPSA) is 51.8 Å². The van der Waals surface area contributed by atoms with Crippen molar-refractivity contribution >= 4 is 44.6 Å². The van der Waals surface area contributed by atoms with Crippen molar-refractivity contribution in [1.82, 2.24) is 9.97 Å². The highest BCUT2D eigenvalue weighted by atomic mass is 32.2. The van der Waals surface area contributed by atoms with E-state index in [-0.39, 0.29) is 0 Å². The minimum absolute atomic E-state index is 0.695. The lowest BCUT2D eigenvalue weighted by molar-refractivity contribution is 0.522. The van der Waals surface area contributed by atoms with Crippen LogP contribution in [-0.4, -0.2) is 15.2 Å². The summed E-state index contributed by atoms with van der Waals surface area (Å²) in [6, 6.07) is 6.22. The van der Waals surface area contributed by atoms with E-state index in [4.69, 9.17) is 10.7 Å². The van der Waals surface area contributed by atoms with E-state index >= 15 is 0 Å². The number of anilines is 1. The van der Waals surface area contributed by atoms with Gasteiger partial charge in [0.15, 0.2) is 0 Å². The van der Waals surface area contributed by atoms with Gasteiger partial charge in [0, 0.05) is 28.6 Å². The molecular weight excluding hydrogens is 406 g/mol. The van der Waals surface area contributed by atoms with Crippen molar-refractivity contribution in [2.45, 2.75) is 49.0 Å². The van der Waals surface area contributed by atoms with E-state index in [0.29, 0.717) is 5.25 Å². The molecule has 3 heterocycles. The maximum Gasteiger partial charge on any atom is 0.127 e. The number of nitrogens with zero attached hydrogens (tertiary/aromatic N) is 2. The van der Waals surface area contributed by atoms with Crippen LogP contribution in [-0.2, 0) is 0 Å². The van der Waals surface area contributed by atoms with Crippen LogP contribution in [0.5, 0.6) is 0 Å². The Morgan fingerprint density at radius 2 is 2.20 bits per heavy atom. The van der Waals surface area contributed by atoms with E-state index in [0.717, 1.165) is 44.7 Å². The number of hydrogen-bond donors (Lipinski definition) is 1. The number of aromatic nitrogens is 2. The molecule has 0 bridgehead atoms. The van der Waals surface area contributed by atoms with Crippen molar-refractivity contribution < 1.29 is 0 Å². The third kappa shape index (κ3) is 4.37. The first-order chi connectivity index (χ1) is 14.7. The van der Waals surface area contributed by atoms with Gasteiger partial charge in [-0.15, -0.1) is 23.1 Å². The van der Waals surface area contributed by atoms with Crippen molar-refractivity contribution in [1.29, 1.82) is 0 Å². The number of nitrogen functional groups attached to an aromatic ring is 1. The van der Waals surface area contributed by atoms with Crippen LogP contribution in [0.25, 0.3) is 26.9 Å². The molecule has 1 fully saturated rings. The molecule has 1 aliphatic rings. The van der Waals surface area contributed by atoms with E-state index in [2.05, 4.69) is 61.3 Å². The molecule has 0 saturated heterocycles. The predicted molar refractivity (Wildman–Crippen MR) is 133 cm³/mol. The average molecular weight is 434 g/mol. The molecule has 5 heteroatoms. The first-order valence-electron chi connectivity index (χ1n) is 10.5. The van der Waals surface area contributed by atoms with Crippen LogP contribution in [0.15, 0.2) is 65.2 Å². The smallest absolute Gasteiger partial charge is 0.127 e. The zero-order valence-corrected chi connectivity index (χ0v) is 19.1. The summed E-state index contributed by atoms with van der Waals surface area (Å²) >= 11 is 3.65. The number of fused-ring (bicyclic) bond motifs is 1. The summed E-state index contributed by atoms with van der Waals surface area (Å²) in [5.41, 5.74) is 11.8. The summed E-state index contributed by atoms with van der Waals surface area (Å²) in [6.07, 6.45) is 19.2. The molecule has 3 aromatic rings. The summed E-state index contributed by atoms with van der Waals surface area (Å²) in [5, 5.41) is 1.75. The monoisotopic (exact) mass is 433 g/mol. The highest BCUT2D eigenvalue weighted by Crippen LogP contribution is 2.48. The summed E-state index contributed by atoms with van der Waals surface area (Å²) < 4.78 is 1.20. The summed E-state index contributed by atoms with van der Waals surface area (Å²) in [6.45, 7) is 4.19. The number of hydrogen-bond acceptors (Lipinski definition) is 5. The molecule has 0 unspecified atom stereocenters. The van der Waals surface area contributed by atoms with Crippen molar-refractivity contribution in [2.24, 2.45) is 0 Å². The van der Waals surface area contributed by atoms with Gasteiger partial charge in [0.25, 0.3) is 0 Å². The summed E-state index contributed by atoms with van der Waals surface area (Å²) in [7, 11) is 0. The van der Waals surface area contributed by atoms with E-state index in [1.54, 1.807) is 17.5 Å². The molecule has 0 spiro atoms. The maximum atomic E-state index is 6.67. The molecule has 1 aliphatic carbocycles. The van der Waals surface area contributed by atoms with Gasteiger partial charge in [-0.3, -0.25) is 4.98 Å². The summed E-state index contributed by atoms with van der Waals surface area (Å²) in [5.74, 6) is 0. The molecule has 154 valence electrons. The third-order valence-corrected chi connectivity index (χ3v) is 8.00. The SMILES string of the molecule is C\C=C(/C=C\C=C\CC)c1cc(-c2cccnc2)c2c(N)c(SC3CCC3)sc2n1. The lowest BCUT2D eigenvalue weighted by Gasteiger charge is -2.23. The summed E-state index contributed by atoms with van der Waals surface area (Å²) in [4.78, 5) is 10.4. The highest BCUT2D eigenvalue weighted by molar-refractivity contribution is 8.02. The lowest BCUT2D eigenvalue weighted by Crippen LogP contribution is -2.12. The Morgan fingerprint density at radius 1 is 1.33 bits per heavy atom. The predicted octanol–water partition coefficient (Wildman–Crippen LogP) is 7.51. The first kappa shape index (κ1) is 20.9. The van der Waals surface area contributed by atoms with Crippen LogP contribution < -0.4 is 5.73 Å². The third-order valence-electron chi connectivity index (χ3n) is 5.33. The fraction of sp³-hybridized carbons (Fsp3) is 0.280. The lowest BCUT2D eigenvalue weighted by atomic mass is 10.00. The van der Waals surface area contributed by atoms with Gasteiger partial charge in [-0.2, -0.15) is 0 Å². The molecule has 1 saturated carbocycles. The number of thioether (sulfide) groups is 1. The maximum absolute atomic E-state index is 6.67. The molecule has 0 radical (unpaired) electrons. The Labute approximate surface area is 186 Å². The van der Waals surface area contributed by atoms with Gasteiger partial charge in [0.2, 0.25) is 0 Å². The van der Waals surface area contributed by atoms with E-state index < -0.39 is 0 Å². The number of nitrogens with two attached hydrogens (primary N) is 1. The standard InChI is InChI=1S/C25H27N3S2/c1-3-5-6-7-10-17(4-2)21-15-20(18-11-9-14-27-16-18)22-23(26)25(30-24(22)28-21)29-19-12-8-13-19/h4-7,9-11,14-16,19H,3,8,12-13,26H2,1-2H3/b6-5+,10-7-,17-4+. The second-order valence-corrected chi connectivity index (χ2v) is 9.96. The van der Waals surface area contributed by atoms with Gasteiger partial charge in [-0.05, 0) is 49.5 Å². The quantitative estimate of drug-likeness (QED) is 0.392. The molecular formula is C25H27N3S2. The van der Waals surface area contributed by atoms with Crippen LogP contribution in [0.4, 0.5) is 5.69 Å². The minimum atomic E-state index is 0.695. The largest absolute Gasteiger partial charge is 0.397 e. The average Bonchev–Trinajstić information content (AvgIpc) is 3.06. The molecule has 0 atom stereocenters. The van der Waals surface area contributed by atoms with Crippen molar-refractivity contribution in [2.75, 3.05) is 5.73 Å². The van der Waals surface area contributed by atoms with E-state index in [1.165, 1.54) is 23.5 Å². The molecule has 4 rings (SSSR count). The first-order valence-corrected chi connectivity index (χ1v) is 12.2. The Hall–Kier alpha value is -2.37. The van der Waals surface area contributed by atoms with Gasteiger partial charge in [0.05, 0.1) is 15.6 Å². The fourth-order valence-corrected chi connectivity index (χ4v) is 6.22.